The van der Waals surface area contributed by atoms with E-state index in [0.717, 1.165) is 35.1 Å². The first kappa shape index (κ1) is 22.7. The summed E-state index contributed by atoms with van der Waals surface area (Å²) in [6.45, 7) is 7.15. The Morgan fingerprint density at radius 3 is 2.79 bits per heavy atom. The van der Waals surface area contributed by atoms with Crippen LogP contribution in [0.2, 0.25) is 0 Å². The van der Waals surface area contributed by atoms with Gasteiger partial charge in [0.25, 0.3) is 5.91 Å². The second-order valence-electron chi connectivity index (χ2n) is 7.24. The zero-order valence-electron chi connectivity index (χ0n) is 17.1. The lowest BCUT2D eigenvalue weighted by atomic mass is 9.83. The van der Waals surface area contributed by atoms with Gasteiger partial charge in [-0.05, 0) is 80.2 Å². The van der Waals surface area contributed by atoms with Crippen molar-refractivity contribution in [2.75, 3.05) is 19.7 Å². The Balaban J connectivity index is 2.46. The second-order valence-corrected chi connectivity index (χ2v) is 7.24. The summed E-state index contributed by atoms with van der Waals surface area (Å²) in [5, 5.41) is 12.2. The van der Waals surface area contributed by atoms with Crippen molar-refractivity contribution in [2.24, 2.45) is 15.9 Å². The number of aliphatic hydroxyl groups is 1. The molecule has 2 rings (SSSR count). The number of carbonyl (C=O) groups excluding carboxylic acids is 1. The maximum absolute atomic E-state index is 12.6. The van der Waals surface area contributed by atoms with E-state index in [9.17, 15) is 14.8 Å². The molecule has 0 bridgehead atoms. The van der Waals surface area contributed by atoms with E-state index in [2.05, 4.69) is 27.6 Å². The van der Waals surface area contributed by atoms with E-state index >= 15 is 0 Å². The van der Waals surface area contributed by atoms with E-state index in [0.29, 0.717) is 50.1 Å². The molecule has 1 amide bonds. The molecule has 29 heavy (non-hydrogen) atoms. The van der Waals surface area contributed by atoms with Gasteiger partial charge in [0.1, 0.15) is 5.70 Å². The van der Waals surface area contributed by atoms with E-state index in [1.165, 1.54) is 0 Å². The fraction of sp³-hybridized carbons (Fsp3) is 0.524. The molecule has 1 aliphatic heterocycles. The SMILES string of the molecule is C=C1C(CCCN=O)=C/C(=N\C2=C(/N)CCCCNNC2=O)C(C)=C1CCCO. The quantitative estimate of drug-likeness (QED) is 0.367. The number of hydrogen-bond donors (Lipinski definition) is 4. The van der Waals surface area contributed by atoms with Gasteiger partial charge in [0.05, 0.1) is 12.3 Å². The summed E-state index contributed by atoms with van der Waals surface area (Å²) >= 11 is 0. The van der Waals surface area contributed by atoms with Crippen LogP contribution in [0.5, 0.6) is 0 Å². The number of nitroso groups, excluding NO2 is 1. The maximum Gasteiger partial charge on any atom is 0.285 e. The predicted molar refractivity (Wildman–Crippen MR) is 115 cm³/mol. The lowest BCUT2D eigenvalue weighted by molar-refractivity contribution is -0.118. The standard InChI is InChI=1S/C21H31N5O3/c1-14-16(7-5-11-24-29)13-19(15(2)17(14)8-6-12-27)25-20-18(22)9-3-4-10-23-26-21(20)28/h13,23,27H,1,3-12,22H2,2H3,(H,26,28)/b20-18-,25-19+. The largest absolute Gasteiger partial charge is 0.400 e. The second kappa shape index (κ2) is 11.4. The maximum atomic E-state index is 12.6. The molecule has 0 saturated heterocycles. The lowest BCUT2D eigenvalue weighted by Crippen LogP contribution is -2.38. The molecule has 1 heterocycles. The summed E-state index contributed by atoms with van der Waals surface area (Å²) in [4.78, 5) is 27.7. The first-order chi connectivity index (χ1) is 14.0. The number of rotatable bonds is 8. The summed E-state index contributed by atoms with van der Waals surface area (Å²) in [7, 11) is 0. The number of hydrazine groups is 1. The minimum absolute atomic E-state index is 0.0802. The summed E-state index contributed by atoms with van der Waals surface area (Å²) in [5.41, 5.74) is 16.9. The average molecular weight is 402 g/mol. The highest BCUT2D eigenvalue weighted by Gasteiger charge is 2.22. The van der Waals surface area contributed by atoms with Crippen LogP contribution < -0.4 is 16.6 Å². The van der Waals surface area contributed by atoms with Crippen molar-refractivity contribution in [3.63, 3.8) is 0 Å². The number of hydrogen-bond acceptors (Lipinski definition) is 7. The zero-order chi connectivity index (χ0) is 21.2. The molecule has 0 aromatic rings. The normalized spacial score (nSPS) is 22.7. The van der Waals surface area contributed by atoms with Gasteiger partial charge in [0, 0.05) is 18.8 Å². The topological polar surface area (TPSA) is 129 Å². The first-order valence-electron chi connectivity index (χ1n) is 10.1. The molecule has 8 nitrogen and oxygen atoms in total. The highest BCUT2D eigenvalue weighted by atomic mass is 16.3. The van der Waals surface area contributed by atoms with Crippen molar-refractivity contribution < 1.29 is 9.90 Å². The number of aliphatic hydroxyl groups excluding tert-OH is 1. The Morgan fingerprint density at radius 1 is 1.28 bits per heavy atom. The molecule has 158 valence electrons. The molecule has 0 aromatic heterocycles. The summed E-state index contributed by atoms with van der Waals surface area (Å²) < 4.78 is 0. The Morgan fingerprint density at radius 2 is 2.07 bits per heavy atom. The summed E-state index contributed by atoms with van der Waals surface area (Å²) in [6, 6.07) is 0. The molecule has 0 aromatic carbocycles. The third kappa shape index (κ3) is 6.20. The summed E-state index contributed by atoms with van der Waals surface area (Å²) in [6.07, 6.45) is 6.82. The zero-order valence-corrected chi connectivity index (χ0v) is 17.1. The molecule has 0 spiro atoms. The van der Waals surface area contributed by atoms with E-state index in [1.807, 2.05) is 13.0 Å². The molecule has 0 saturated carbocycles. The van der Waals surface area contributed by atoms with Gasteiger partial charge in [0.15, 0.2) is 0 Å². The third-order valence-corrected chi connectivity index (χ3v) is 5.13. The number of nitrogens with two attached hydrogens (primary N) is 1. The Hall–Kier alpha value is -2.58. The van der Waals surface area contributed by atoms with Crippen molar-refractivity contribution >= 4 is 11.6 Å². The average Bonchev–Trinajstić information content (AvgIpc) is 2.77. The van der Waals surface area contributed by atoms with E-state index in [1.54, 1.807) is 0 Å². The number of nitrogens with zero attached hydrogens (tertiary/aromatic N) is 2. The van der Waals surface area contributed by atoms with Gasteiger partial charge in [-0.2, -0.15) is 4.91 Å². The minimum Gasteiger partial charge on any atom is -0.400 e. The van der Waals surface area contributed by atoms with E-state index < -0.39 is 0 Å². The molecule has 5 N–H and O–H groups in total. The van der Waals surface area contributed by atoms with Crippen LogP contribution in [-0.4, -0.2) is 36.4 Å². The van der Waals surface area contributed by atoms with Crippen LogP contribution in [-0.2, 0) is 4.79 Å². The first-order valence-corrected chi connectivity index (χ1v) is 10.1. The number of aliphatic imine (C=N–C) groups is 1. The number of allylic oxidation sites excluding steroid dienone is 6. The number of carbonyl (C=O) groups is 1. The van der Waals surface area contributed by atoms with Crippen LogP contribution in [0.3, 0.4) is 0 Å². The van der Waals surface area contributed by atoms with Gasteiger partial charge in [-0.15, -0.1) is 0 Å². The minimum atomic E-state index is -0.355. The molecule has 1 aliphatic carbocycles. The number of nitrogens with one attached hydrogen (secondary N) is 2. The molecule has 0 fully saturated rings. The van der Waals surface area contributed by atoms with Gasteiger partial charge in [-0.1, -0.05) is 11.8 Å². The van der Waals surface area contributed by atoms with Crippen LogP contribution in [0, 0.1) is 4.91 Å². The van der Waals surface area contributed by atoms with Crippen molar-refractivity contribution in [3.8, 4) is 0 Å². The highest BCUT2D eigenvalue weighted by molar-refractivity contribution is 6.13. The van der Waals surface area contributed by atoms with Crippen LogP contribution in [0.4, 0.5) is 0 Å². The van der Waals surface area contributed by atoms with Crippen LogP contribution >= 0.6 is 0 Å². The lowest BCUT2D eigenvalue weighted by Gasteiger charge is -2.23. The van der Waals surface area contributed by atoms with Gasteiger partial charge in [0.2, 0.25) is 0 Å². The highest BCUT2D eigenvalue weighted by Crippen LogP contribution is 2.33. The molecular formula is C21H31N5O3. The molecule has 8 heteroatoms. The molecule has 2 aliphatic rings. The monoisotopic (exact) mass is 401 g/mol. The Bertz CT molecular complexity index is 777. The van der Waals surface area contributed by atoms with Crippen molar-refractivity contribution in [3.05, 3.63) is 51.2 Å². The third-order valence-electron chi connectivity index (χ3n) is 5.13. The molecule has 0 atom stereocenters. The fourth-order valence-corrected chi connectivity index (χ4v) is 3.44. The van der Waals surface area contributed by atoms with Gasteiger partial charge >= 0.3 is 0 Å². The summed E-state index contributed by atoms with van der Waals surface area (Å²) in [5.74, 6) is -0.355. The van der Waals surface area contributed by atoms with Gasteiger partial charge in [-0.3, -0.25) is 10.2 Å². The van der Waals surface area contributed by atoms with Crippen molar-refractivity contribution in [2.45, 2.75) is 51.9 Å². The Labute approximate surface area is 171 Å². The fourth-order valence-electron chi connectivity index (χ4n) is 3.44. The molecule has 0 radical (unpaired) electrons. The van der Waals surface area contributed by atoms with Crippen molar-refractivity contribution in [1.82, 2.24) is 10.9 Å². The number of amides is 1. The smallest absolute Gasteiger partial charge is 0.285 e. The van der Waals surface area contributed by atoms with Crippen LogP contribution in [0.15, 0.2) is 56.5 Å². The Kier molecular flexibility index (Phi) is 8.95. The predicted octanol–water partition coefficient (Wildman–Crippen LogP) is 2.53. The molecular weight excluding hydrogens is 370 g/mol. The van der Waals surface area contributed by atoms with Gasteiger partial charge < -0.3 is 10.8 Å². The van der Waals surface area contributed by atoms with Crippen LogP contribution in [0.25, 0.3) is 0 Å². The van der Waals surface area contributed by atoms with E-state index in [-0.39, 0.29) is 24.8 Å². The van der Waals surface area contributed by atoms with Crippen molar-refractivity contribution in [1.29, 1.82) is 0 Å². The molecule has 0 unspecified atom stereocenters. The van der Waals surface area contributed by atoms with Crippen LogP contribution in [0.1, 0.15) is 51.9 Å². The van der Waals surface area contributed by atoms with E-state index in [4.69, 9.17) is 5.73 Å². The van der Waals surface area contributed by atoms with Gasteiger partial charge in [-0.25, -0.2) is 10.4 Å².